The van der Waals surface area contributed by atoms with E-state index in [1.54, 1.807) is 23.5 Å². The Morgan fingerprint density at radius 3 is 2.54 bits per heavy atom. The lowest BCUT2D eigenvalue weighted by Crippen LogP contribution is -2.44. The number of carboxylic acids is 1. The molecular weight excluding hydrogens is 548 g/mol. The Kier molecular flexibility index (Phi) is 7.21. The van der Waals surface area contributed by atoms with Crippen LogP contribution in [0, 0.1) is 31.6 Å². The van der Waals surface area contributed by atoms with Crippen LogP contribution < -0.4 is 9.64 Å². The fourth-order valence-electron chi connectivity index (χ4n) is 6.52. The zero-order chi connectivity index (χ0) is 28.9. The molecule has 3 fully saturated rings. The van der Waals surface area contributed by atoms with Gasteiger partial charge in [-0.3, -0.25) is 9.59 Å². The molecule has 3 aromatic rings. The number of fused-ring (bicyclic) bond motifs is 2. The van der Waals surface area contributed by atoms with Crippen molar-refractivity contribution in [1.29, 1.82) is 0 Å². The van der Waals surface area contributed by atoms with E-state index in [9.17, 15) is 23.5 Å². The number of halogens is 2. The molecule has 1 N–H and O–H groups in total. The summed E-state index contributed by atoms with van der Waals surface area (Å²) >= 11 is 1.57. The zero-order valence-electron chi connectivity index (χ0n) is 23.1. The second-order valence-electron chi connectivity index (χ2n) is 11.6. The molecule has 41 heavy (non-hydrogen) atoms. The number of piperidine rings is 1. The largest absolute Gasteiger partial charge is 0.488 e. The lowest BCUT2D eigenvalue weighted by molar-refractivity contribution is -0.144. The van der Waals surface area contributed by atoms with Crippen LogP contribution in [0.2, 0.25) is 0 Å². The van der Waals surface area contributed by atoms with E-state index in [1.807, 2.05) is 37.4 Å². The summed E-state index contributed by atoms with van der Waals surface area (Å²) in [5.74, 6) is -3.10. The van der Waals surface area contributed by atoms with Crippen molar-refractivity contribution >= 4 is 28.3 Å². The highest BCUT2D eigenvalue weighted by atomic mass is 32.1. The molecule has 1 unspecified atom stereocenters. The van der Waals surface area contributed by atoms with E-state index in [1.165, 1.54) is 4.90 Å². The average molecular weight is 582 g/mol. The van der Waals surface area contributed by atoms with Gasteiger partial charge in [0.1, 0.15) is 12.4 Å². The first-order valence-electron chi connectivity index (χ1n) is 14.0. The predicted octanol–water partition coefficient (Wildman–Crippen LogP) is 6.03. The summed E-state index contributed by atoms with van der Waals surface area (Å²) in [5, 5.41) is 12.6. The molecule has 6 rings (SSSR count). The zero-order valence-corrected chi connectivity index (χ0v) is 23.9. The third kappa shape index (κ3) is 5.54. The lowest BCUT2D eigenvalue weighted by Gasteiger charge is -2.35. The van der Waals surface area contributed by atoms with Crippen LogP contribution in [-0.2, 0) is 11.4 Å². The van der Waals surface area contributed by atoms with E-state index < -0.39 is 18.4 Å². The lowest BCUT2D eigenvalue weighted by atomic mass is 9.85. The van der Waals surface area contributed by atoms with Gasteiger partial charge >= 0.3 is 5.97 Å². The molecule has 2 bridgehead atoms. The van der Waals surface area contributed by atoms with Crippen molar-refractivity contribution < 1.29 is 28.2 Å². The second-order valence-corrected chi connectivity index (χ2v) is 12.5. The van der Waals surface area contributed by atoms with Crippen LogP contribution in [0.1, 0.15) is 46.3 Å². The number of amides is 1. The Morgan fingerprint density at radius 2 is 1.88 bits per heavy atom. The van der Waals surface area contributed by atoms with E-state index in [-0.39, 0.29) is 43.2 Å². The molecule has 3 aliphatic rings. The number of ether oxygens (including phenoxy) is 1. The van der Waals surface area contributed by atoms with Crippen LogP contribution in [-0.4, -0.2) is 59.0 Å². The highest BCUT2D eigenvalue weighted by molar-refractivity contribution is 7.14. The van der Waals surface area contributed by atoms with E-state index in [0.29, 0.717) is 11.3 Å². The first kappa shape index (κ1) is 27.6. The van der Waals surface area contributed by atoms with Crippen molar-refractivity contribution in [2.24, 2.45) is 17.8 Å². The number of carbonyl (C=O) groups excluding carboxylic acids is 1. The molecular formula is C31H33F2N3O4S. The molecule has 1 saturated carbocycles. The molecule has 0 radical (unpaired) electrons. The minimum atomic E-state index is -2.82. The third-order valence-corrected chi connectivity index (χ3v) is 9.62. The summed E-state index contributed by atoms with van der Waals surface area (Å²) in [6.45, 7) is 5.15. The average Bonchev–Trinajstić information content (AvgIpc) is 3.64. The Bertz CT molecular complexity index is 1480. The maximum absolute atomic E-state index is 13.6. The van der Waals surface area contributed by atoms with Gasteiger partial charge in [-0.25, -0.2) is 13.8 Å². The van der Waals surface area contributed by atoms with Crippen molar-refractivity contribution in [3.63, 3.8) is 0 Å². The van der Waals surface area contributed by atoms with Gasteiger partial charge in [0.25, 0.3) is 11.8 Å². The number of nitrogens with zero attached hydrogens (tertiary/aromatic N) is 3. The van der Waals surface area contributed by atoms with Gasteiger partial charge in [0.15, 0.2) is 5.13 Å². The van der Waals surface area contributed by atoms with E-state index in [2.05, 4.69) is 11.0 Å². The number of aliphatic carboxylic acids is 1. The van der Waals surface area contributed by atoms with Gasteiger partial charge in [-0.15, -0.1) is 11.3 Å². The van der Waals surface area contributed by atoms with Crippen LogP contribution in [0.25, 0.3) is 11.3 Å². The highest BCUT2D eigenvalue weighted by Crippen LogP contribution is 2.44. The molecule has 2 saturated heterocycles. The van der Waals surface area contributed by atoms with Gasteiger partial charge in [-0.1, -0.05) is 17.7 Å². The Labute approximate surface area is 241 Å². The second kappa shape index (κ2) is 10.7. The summed E-state index contributed by atoms with van der Waals surface area (Å²) < 4.78 is 33.5. The molecule has 3 heterocycles. The van der Waals surface area contributed by atoms with Crippen LogP contribution in [0.4, 0.5) is 13.9 Å². The van der Waals surface area contributed by atoms with Crippen molar-refractivity contribution in [3.05, 3.63) is 64.0 Å². The molecule has 216 valence electrons. The monoisotopic (exact) mass is 581 g/mol. The van der Waals surface area contributed by atoms with E-state index in [4.69, 9.17) is 9.72 Å². The topological polar surface area (TPSA) is 83.0 Å². The number of aryl methyl sites for hydroxylation is 2. The molecule has 7 nitrogen and oxygen atoms in total. The van der Waals surface area contributed by atoms with Crippen molar-refractivity contribution in [1.82, 2.24) is 9.88 Å². The number of anilines is 1. The first-order chi connectivity index (χ1) is 19.6. The standard InChI is InChI=1S/C31H33F2N3O4S/c1-18-3-8-26(40-15-23-7-4-20(12-19(23)2)28(37)35-10-9-31(32,33)17-35)24(11-18)25-16-41-30(34-25)36-13-21-5-6-22(14-36)27(21)29(38)39/h3-4,7-8,11-12,16,21-22,27H,5-6,9-10,13-15,17H2,1-2H3,(H,38,39)/t21-,22?,27+/m1/s1. The predicted molar refractivity (Wildman–Crippen MR) is 153 cm³/mol. The summed E-state index contributed by atoms with van der Waals surface area (Å²) in [5.41, 5.74) is 4.93. The number of likely N-dealkylation sites (tertiary alicyclic amines) is 1. The minimum absolute atomic E-state index is 0.0616. The van der Waals surface area contributed by atoms with Crippen molar-refractivity contribution in [2.75, 3.05) is 31.1 Å². The number of carboxylic acid groups (broad SMARTS) is 1. The number of hydrogen-bond donors (Lipinski definition) is 1. The van der Waals surface area contributed by atoms with Crippen LogP contribution in [0.5, 0.6) is 5.75 Å². The number of carbonyl (C=O) groups is 2. The number of aromatic nitrogens is 1. The Morgan fingerprint density at radius 1 is 1.12 bits per heavy atom. The van der Waals surface area contributed by atoms with Gasteiger partial charge in [0, 0.05) is 42.6 Å². The van der Waals surface area contributed by atoms with Gasteiger partial charge < -0.3 is 19.6 Å². The Hall–Kier alpha value is -3.53. The smallest absolute Gasteiger partial charge is 0.307 e. The van der Waals surface area contributed by atoms with Crippen LogP contribution in [0.15, 0.2) is 41.8 Å². The van der Waals surface area contributed by atoms with Crippen molar-refractivity contribution in [2.45, 2.75) is 45.6 Å². The summed E-state index contributed by atoms with van der Waals surface area (Å²) in [7, 11) is 0. The maximum Gasteiger partial charge on any atom is 0.307 e. The van der Waals surface area contributed by atoms with Gasteiger partial charge in [0.2, 0.25) is 0 Å². The Balaban J connectivity index is 1.16. The van der Waals surface area contributed by atoms with Gasteiger partial charge in [-0.05, 0) is 73.9 Å². The number of hydrogen-bond acceptors (Lipinski definition) is 6. The molecule has 0 spiro atoms. The van der Waals surface area contributed by atoms with Crippen molar-refractivity contribution in [3.8, 4) is 17.0 Å². The normalized spacial score (nSPS) is 23.2. The summed E-state index contributed by atoms with van der Waals surface area (Å²) in [6, 6.07) is 11.2. The molecule has 2 aromatic carbocycles. The SMILES string of the molecule is Cc1ccc(OCc2ccc(C(=O)N3CCC(F)(F)C3)cc2C)c(-c2csc(N3CC4CC[C@H](C3)[C@@H]4C(=O)O)n2)c1. The first-order valence-corrected chi connectivity index (χ1v) is 14.9. The van der Waals surface area contributed by atoms with E-state index >= 15 is 0 Å². The molecule has 1 aromatic heterocycles. The molecule has 3 atom stereocenters. The van der Waals surface area contributed by atoms with E-state index in [0.717, 1.165) is 59.0 Å². The summed E-state index contributed by atoms with van der Waals surface area (Å²) in [4.78, 5) is 32.9. The molecule has 10 heteroatoms. The third-order valence-electron chi connectivity index (χ3n) is 8.72. The molecule has 2 aliphatic heterocycles. The van der Waals surface area contributed by atoms with Crippen LogP contribution >= 0.6 is 11.3 Å². The quantitative estimate of drug-likeness (QED) is 0.367. The molecule has 1 aliphatic carbocycles. The number of thiazole rings is 1. The number of benzene rings is 2. The molecule has 1 amide bonds. The number of alkyl halides is 2. The maximum atomic E-state index is 13.6. The number of rotatable bonds is 7. The summed E-state index contributed by atoms with van der Waals surface area (Å²) in [6.07, 6.45) is 1.61. The fraction of sp³-hybridized carbons (Fsp3) is 0.452. The van der Waals surface area contributed by atoms with Gasteiger partial charge in [0.05, 0.1) is 18.2 Å². The highest BCUT2D eigenvalue weighted by Gasteiger charge is 2.46. The van der Waals surface area contributed by atoms with Gasteiger partial charge in [-0.2, -0.15) is 0 Å². The fourth-order valence-corrected chi connectivity index (χ4v) is 7.37. The minimum Gasteiger partial charge on any atom is -0.488 e. The van der Waals surface area contributed by atoms with Crippen LogP contribution in [0.3, 0.4) is 0 Å².